The first kappa shape index (κ1) is 12.7. The summed E-state index contributed by atoms with van der Waals surface area (Å²) in [5.74, 6) is 0. The van der Waals surface area contributed by atoms with Gasteiger partial charge in [-0.2, -0.15) is 5.10 Å². The molecule has 5 heteroatoms. The average Bonchev–Trinajstić information content (AvgIpc) is 2.95. The van der Waals surface area contributed by atoms with Gasteiger partial charge in [0.25, 0.3) is 0 Å². The number of aryl methyl sites for hydroxylation is 1. The number of rotatable bonds is 3. The molecule has 0 radical (unpaired) electrons. The van der Waals surface area contributed by atoms with Crippen molar-refractivity contribution in [2.24, 2.45) is 7.05 Å². The molecule has 0 spiro atoms. The molecule has 0 fully saturated rings. The Morgan fingerprint density at radius 1 is 1.32 bits per heavy atom. The maximum absolute atomic E-state index is 10.4. The molecule has 1 aromatic carbocycles. The zero-order valence-electron chi connectivity index (χ0n) is 10.4. The molecular formula is C14H13ClN2OS. The summed E-state index contributed by atoms with van der Waals surface area (Å²) < 4.78 is 2.54. The molecule has 0 aliphatic heterocycles. The summed E-state index contributed by atoms with van der Waals surface area (Å²) in [5, 5.41) is 15.8. The molecule has 1 unspecified atom stereocenters. The number of aromatic nitrogens is 2. The minimum absolute atomic E-state index is 0.540. The molecule has 3 rings (SSSR count). The Kier molecular flexibility index (Phi) is 3.31. The zero-order chi connectivity index (χ0) is 13.4. The van der Waals surface area contributed by atoms with E-state index in [1.54, 1.807) is 4.68 Å². The first-order valence-corrected chi connectivity index (χ1v) is 7.18. The molecule has 2 aromatic heterocycles. The third-order valence-corrected chi connectivity index (χ3v) is 4.38. The van der Waals surface area contributed by atoms with E-state index in [0.717, 1.165) is 25.8 Å². The van der Waals surface area contributed by atoms with Crippen molar-refractivity contribution >= 4 is 33.8 Å². The molecule has 3 aromatic rings. The van der Waals surface area contributed by atoms with Crippen molar-refractivity contribution in [2.75, 3.05) is 0 Å². The van der Waals surface area contributed by atoms with E-state index >= 15 is 0 Å². The van der Waals surface area contributed by atoms with Crippen LogP contribution < -0.4 is 0 Å². The molecule has 0 aliphatic rings. The average molecular weight is 293 g/mol. The van der Waals surface area contributed by atoms with Gasteiger partial charge in [0.15, 0.2) is 0 Å². The van der Waals surface area contributed by atoms with Crippen LogP contribution in [0.2, 0.25) is 4.34 Å². The maximum atomic E-state index is 10.4. The number of nitrogens with zero attached hydrogens (tertiary/aromatic N) is 2. The van der Waals surface area contributed by atoms with E-state index < -0.39 is 6.10 Å². The lowest BCUT2D eigenvalue weighted by molar-refractivity contribution is 0.175. The Bertz CT molecular complexity index is 719. The molecular weight excluding hydrogens is 280 g/mol. The highest BCUT2D eigenvalue weighted by molar-refractivity contribution is 7.16. The molecule has 0 aliphatic carbocycles. The normalized spacial score (nSPS) is 13.0. The number of para-hydroxylation sites is 1. The van der Waals surface area contributed by atoms with Gasteiger partial charge in [0.05, 0.1) is 15.5 Å². The van der Waals surface area contributed by atoms with Crippen LogP contribution in [0.25, 0.3) is 10.9 Å². The van der Waals surface area contributed by atoms with Crippen LogP contribution in [0.3, 0.4) is 0 Å². The Hall–Kier alpha value is -1.36. The van der Waals surface area contributed by atoms with Gasteiger partial charge in [-0.05, 0) is 18.2 Å². The summed E-state index contributed by atoms with van der Waals surface area (Å²) in [6, 6.07) is 11.7. The van der Waals surface area contributed by atoms with E-state index in [1.807, 2.05) is 43.4 Å². The summed E-state index contributed by atoms with van der Waals surface area (Å²) >= 11 is 7.40. The summed E-state index contributed by atoms with van der Waals surface area (Å²) in [5.41, 5.74) is 1.75. The second-order valence-electron chi connectivity index (χ2n) is 4.45. The minimum Gasteiger partial charge on any atom is -0.386 e. The van der Waals surface area contributed by atoms with Gasteiger partial charge in [-0.15, -0.1) is 11.3 Å². The lowest BCUT2D eigenvalue weighted by atomic mass is 10.1. The number of halogens is 1. The molecule has 98 valence electrons. The third-order valence-electron chi connectivity index (χ3n) is 3.13. The minimum atomic E-state index is -0.610. The molecule has 0 saturated heterocycles. The summed E-state index contributed by atoms with van der Waals surface area (Å²) in [4.78, 5) is 1.06. The van der Waals surface area contributed by atoms with E-state index in [2.05, 4.69) is 5.10 Å². The monoisotopic (exact) mass is 292 g/mol. The van der Waals surface area contributed by atoms with Crippen molar-refractivity contribution < 1.29 is 5.11 Å². The quantitative estimate of drug-likeness (QED) is 0.801. The molecule has 0 bridgehead atoms. The van der Waals surface area contributed by atoms with Crippen molar-refractivity contribution in [3.05, 3.63) is 51.3 Å². The summed E-state index contributed by atoms with van der Waals surface area (Å²) in [7, 11) is 1.89. The van der Waals surface area contributed by atoms with Gasteiger partial charge in [0.2, 0.25) is 0 Å². The number of aliphatic hydroxyl groups excluding tert-OH is 1. The van der Waals surface area contributed by atoms with Crippen LogP contribution >= 0.6 is 22.9 Å². The third kappa shape index (κ3) is 2.39. The second-order valence-corrected chi connectivity index (χ2v) is 6.25. The number of hydrogen-bond acceptors (Lipinski definition) is 3. The molecule has 19 heavy (non-hydrogen) atoms. The Morgan fingerprint density at radius 3 is 2.84 bits per heavy atom. The van der Waals surface area contributed by atoms with E-state index in [1.165, 1.54) is 11.3 Å². The number of aliphatic hydroxyl groups is 1. The Morgan fingerprint density at radius 2 is 2.11 bits per heavy atom. The van der Waals surface area contributed by atoms with Crippen molar-refractivity contribution in [3.63, 3.8) is 0 Å². The number of benzene rings is 1. The van der Waals surface area contributed by atoms with Crippen LogP contribution in [0.15, 0.2) is 36.4 Å². The fourth-order valence-electron chi connectivity index (χ4n) is 2.24. The predicted molar refractivity (Wildman–Crippen MR) is 78.7 cm³/mol. The van der Waals surface area contributed by atoms with Gasteiger partial charge < -0.3 is 5.11 Å². The van der Waals surface area contributed by atoms with Crippen molar-refractivity contribution in [1.29, 1.82) is 0 Å². The van der Waals surface area contributed by atoms with Crippen molar-refractivity contribution in [1.82, 2.24) is 9.78 Å². The second kappa shape index (κ2) is 4.96. The molecule has 2 heterocycles. The largest absolute Gasteiger partial charge is 0.386 e. The number of fused-ring (bicyclic) bond motifs is 1. The van der Waals surface area contributed by atoms with E-state index in [4.69, 9.17) is 11.6 Å². The highest BCUT2D eigenvalue weighted by atomic mass is 35.5. The molecule has 0 amide bonds. The zero-order valence-corrected chi connectivity index (χ0v) is 11.9. The van der Waals surface area contributed by atoms with Crippen molar-refractivity contribution in [2.45, 2.75) is 12.5 Å². The topological polar surface area (TPSA) is 38.0 Å². The van der Waals surface area contributed by atoms with Crippen LogP contribution in [0.1, 0.15) is 16.7 Å². The van der Waals surface area contributed by atoms with Crippen LogP contribution in [0.4, 0.5) is 0 Å². The first-order valence-electron chi connectivity index (χ1n) is 5.99. The van der Waals surface area contributed by atoms with Gasteiger partial charge >= 0.3 is 0 Å². The van der Waals surface area contributed by atoms with E-state index in [0.29, 0.717) is 6.42 Å². The summed E-state index contributed by atoms with van der Waals surface area (Å²) in [6.07, 6.45) is -0.0703. The molecule has 1 N–H and O–H groups in total. The van der Waals surface area contributed by atoms with Crippen LogP contribution in [-0.2, 0) is 13.5 Å². The maximum Gasteiger partial charge on any atom is 0.103 e. The van der Waals surface area contributed by atoms with Gasteiger partial charge in [-0.3, -0.25) is 4.68 Å². The standard InChI is InChI=1S/C14H13ClN2OS/c1-17-11-5-3-2-4-10(11)14(16-17)12(18)8-9-6-7-13(15)19-9/h2-7,12,18H,8H2,1H3. The van der Waals surface area contributed by atoms with Crippen LogP contribution in [0.5, 0.6) is 0 Å². The van der Waals surface area contributed by atoms with Crippen LogP contribution in [-0.4, -0.2) is 14.9 Å². The fourth-order valence-corrected chi connectivity index (χ4v) is 3.36. The van der Waals surface area contributed by atoms with E-state index in [9.17, 15) is 5.11 Å². The molecule has 0 saturated carbocycles. The first-order chi connectivity index (χ1) is 9.15. The molecule has 1 atom stereocenters. The van der Waals surface area contributed by atoms with Gasteiger partial charge in [-0.1, -0.05) is 29.8 Å². The Balaban J connectivity index is 1.95. The van der Waals surface area contributed by atoms with Crippen LogP contribution in [0, 0.1) is 0 Å². The highest BCUT2D eigenvalue weighted by Crippen LogP contribution is 2.29. The smallest absolute Gasteiger partial charge is 0.103 e. The summed E-state index contributed by atoms with van der Waals surface area (Å²) in [6.45, 7) is 0. The molecule has 3 nitrogen and oxygen atoms in total. The SMILES string of the molecule is Cn1nc(C(O)Cc2ccc(Cl)s2)c2ccccc21. The predicted octanol–water partition coefficient (Wildman–Crippen LogP) is 3.56. The van der Waals surface area contributed by atoms with Crippen molar-refractivity contribution in [3.8, 4) is 0 Å². The van der Waals surface area contributed by atoms with Gasteiger partial charge in [-0.25, -0.2) is 0 Å². The highest BCUT2D eigenvalue weighted by Gasteiger charge is 2.17. The number of hydrogen-bond donors (Lipinski definition) is 1. The lowest BCUT2D eigenvalue weighted by Crippen LogP contribution is -2.02. The number of thiophene rings is 1. The fraction of sp³-hybridized carbons (Fsp3) is 0.214. The van der Waals surface area contributed by atoms with Gasteiger partial charge in [0, 0.05) is 23.7 Å². The van der Waals surface area contributed by atoms with E-state index in [-0.39, 0.29) is 0 Å². The Labute approximate surface area is 120 Å². The van der Waals surface area contributed by atoms with Gasteiger partial charge in [0.1, 0.15) is 6.10 Å². The lowest BCUT2D eigenvalue weighted by Gasteiger charge is -2.06.